The van der Waals surface area contributed by atoms with Gasteiger partial charge in [0.1, 0.15) is 0 Å². The molecule has 0 atom stereocenters. The Labute approximate surface area is 140 Å². The molecule has 6 heteroatoms. The fraction of sp³-hybridized carbons (Fsp3) is 0.286. The fourth-order valence-corrected chi connectivity index (χ4v) is 2.34. The zero-order chi connectivity index (χ0) is 13.5. The number of nitrogens with one attached hydrogen (secondary N) is 2. The highest BCUT2D eigenvalue weighted by molar-refractivity contribution is 14.0. The number of hydrogen-bond donors (Lipinski definition) is 2. The van der Waals surface area contributed by atoms with Crippen LogP contribution in [0.1, 0.15) is 17.0 Å². The van der Waals surface area contributed by atoms with Crippen LogP contribution in [0.15, 0.2) is 40.0 Å². The quantitative estimate of drug-likeness (QED) is 0.470. The molecule has 108 valence electrons. The molecule has 0 fully saturated rings. The van der Waals surface area contributed by atoms with Crippen LogP contribution in [0.4, 0.5) is 0 Å². The SMILES string of the molecule is CN=C(NCc1ccsc1)NCc1cccc(C)n1.I. The van der Waals surface area contributed by atoms with Crippen molar-refractivity contribution in [1.29, 1.82) is 0 Å². The van der Waals surface area contributed by atoms with Crippen LogP contribution in [0.5, 0.6) is 0 Å². The number of nitrogens with zero attached hydrogens (tertiary/aromatic N) is 2. The predicted octanol–water partition coefficient (Wildman–Crippen LogP) is 2.93. The van der Waals surface area contributed by atoms with Crippen LogP contribution in [-0.4, -0.2) is 18.0 Å². The van der Waals surface area contributed by atoms with E-state index in [0.717, 1.165) is 23.9 Å². The van der Waals surface area contributed by atoms with Gasteiger partial charge in [-0.15, -0.1) is 24.0 Å². The first-order valence-electron chi connectivity index (χ1n) is 6.16. The molecular weight excluding hydrogens is 383 g/mol. The molecule has 0 saturated carbocycles. The second-order valence-electron chi connectivity index (χ2n) is 4.18. The van der Waals surface area contributed by atoms with Gasteiger partial charge >= 0.3 is 0 Å². The standard InChI is InChI=1S/C14H18N4S.HI/c1-11-4-3-5-13(18-11)9-17-14(15-2)16-8-12-6-7-19-10-12;/h3-7,10H,8-9H2,1-2H3,(H2,15,16,17);1H. The molecule has 2 aromatic rings. The van der Waals surface area contributed by atoms with E-state index in [4.69, 9.17) is 0 Å². The number of rotatable bonds is 4. The topological polar surface area (TPSA) is 49.3 Å². The summed E-state index contributed by atoms with van der Waals surface area (Å²) in [7, 11) is 1.77. The van der Waals surface area contributed by atoms with Crippen LogP contribution < -0.4 is 10.6 Å². The van der Waals surface area contributed by atoms with Crippen molar-refractivity contribution in [1.82, 2.24) is 15.6 Å². The Balaban J connectivity index is 0.00000200. The van der Waals surface area contributed by atoms with Gasteiger partial charge in [-0.25, -0.2) is 0 Å². The lowest BCUT2D eigenvalue weighted by molar-refractivity contribution is 0.793. The van der Waals surface area contributed by atoms with Gasteiger partial charge in [-0.1, -0.05) is 6.07 Å². The zero-order valence-corrected chi connectivity index (χ0v) is 14.7. The van der Waals surface area contributed by atoms with E-state index in [1.807, 2.05) is 25.1 Å². The van der Waals surface area contributed by atoms with Crippen molar-refractivity contribution >= 4 is 41.3 Å². The molecule has 0 aromatic carbocycles. The smallest absolute Gasteiger partial charge is 0.191 e. The number of hydrogen-bond acceptors (Lipinski definition) is 3. The number of pyridine rings is 1. The Bertz CT molecular complexity index is 540. The predicted molar refractivity (Wildman–Crippen MR) is 95.7 cm³/mol. The van der Waals surface area contributed by atoms with Crippen LogP contribution in [-0.2, 0) is 13.1 Å². The first kappa shape index (κ1) is 16.9. The summed E-state index contributed by atoms with van der Waals surface area (Å²) < 4.78 is 0. The average Bonchev–Trinajstić information content (AvgIpc) is 2.92. The van der Waals surface area contributed by atoms with E-state index < -0.39 is 0 Å². The summed E-state index contributed by atoms with van der Waals surface area (Å²) in [5.74, 6) is 0.787. The maximum atomic E-state index is 4.45. The molecule has 0 amide bonds. The van der Waals surface area contributed by atoms with Crippen molar-refractivity contribution < 1.29 is 0 Å². The van der Waals surface area contributed by atoms with Gasteiger partial charge in [-0.2, -0.15) is 11.3 Å². The van der Waals surface area contributed by atoms with Crippen molar-refractivity contribution in [2.45, 2.75) is 20.0 Å². The first-order valence-corrected chi connectivity index (χ1v) is 7.10. The highest BCUT2D eigenvalue weighted by Gasteiger charge is 2.00. The van der Waals surface area contributed by atoms with Crippen molar-refractivity contribution in [3.63, 3.8) is 0 Å². The Morgan fingerprint density at radius 2 is 2.05 bits per heavy atom. The average molecular weight is 402 g/mol. The highest BCUT2D eigenvalue weighted by Crippen LogP contribution is 2.04. The molecule has 2 rings (SSSR count). The van der Waals surface area contributed by atoms with Crippen LogP contribution in [0.25, 0.3) is 0 Å². The summed E-state index contributed by atoms with van der Waals surface area (Å²) in [6.45, 7) is 3.45. The van der Waals surface area contributed by atoms with E-state index in [2.05, 4.69) is 37.4 Å². The lowest BCUT2D eigenvalue weighted by Gasteiger charge is -2.11. The summed E-state index contributed by atoms with van der Waals surface area (Å²) in [4.78, 5) is 8.64. The van der Waals surface area contributed by atoms with E-state index in [0.29, 0.717) is 6.54 Å². The molecule has 0 aliphatic carbocycles. The van der Waals surface area contributed by atoms with Crippen molar-refractivity contribution in [3.8, 4) is 0 Å². The van der Waals surface area contributed by atoms with E-state index in [1.54, 1.807) is 18.4 Å². The summed E-state index contributed by atoms with van der Waals surface area (Å²) in [5.41, 5.74) is 3.31. The van der Waals surface area contributed by atoms with Crippen LogP contribution in [0.3, 0.4) is 0 Å². The first-order chi connectivity index (χ1) is 9.28. The van der Waals surface area contributed by atoms with E-state index in [9.17, 15) is 0 Å². The molecule has 4 nitrogen and oxygen atoms in total. The second kappa shape index (κ2) is 8.91. The molecule has 0 unspecified atom stereocenters. The molecule has 0 aliphatic heterocycles. The van der Waals surface area contributed by atoms with Gasteiger partial charge in [0, 0.05) is 19.3 Å². The highest BCUT2D eigenvalue weighted by atomic mass is 127. The molecule has 0 aliphatic rings. The molecule has 0 saturated heterocycles. The minimum atomic E-state index is 0. The molecule has 2 heterocycles. The summed E-state index contributed by atoms with van der Waals surface area (Å²) in [6.07, 6.45) is 0. The Morgan fingerprint density at radius 3 is 2.70 bits per heavy atom. The fourth-order valence-electron chi connectivity index (χ4n) is 1.67. The lowest BCUT2D eigenvalue weighted by atomic mass is 10.3. The third kappa shape index (κ3) is 5.46. The normalized spacial score (nSPS) is 10.8. The molecule has 0 radical (unpaired) electrons. The number of guanidine groups is 1. The third-order valence-corrected chi connectivity index (χ3v) is 3.38. The van der Waals surface area contributed by atoms with Gasteiger partial charge in [-0.05, 0) is 41.4 Å². The largest absolute Gasteiger partial charge is 0.352 e. The Kier molecular flexibility index (Phi) is 7.53. The van der Waals surface area contributed by atoms with Crippen LogP contribution in [0, 0.1) is 6.92 Å². The minimum absolute atomic E-state index is 0. The summed E-state index contributed by atoms with van der Waals surface area (Å²) in [6, 6.07) is 8.12. The monoisotopic (exact) mass is 402 g/mol. The number of aryl methyl sites for hydroxylation is 1. The maximum Gasteiger partial charge on any atom is 0.191 e. The van der Waals surface area contributed by atoms with Crippen molar-refractivity contribution in [2.75, 3.05) is 7.05 Å². The van der Waals surface area contributed by atoms with Gasteiger partial charge < -0.3 is 10.6 Å². The van der Waals surface area contributed by atoms with E-state index in [1.165, 1.54) is 5.56 Å². The Morgan fingerprint density at radius 1 is 1.25 bits per heavy atom. The summed E-state index contributed by atoms with van der Waals surface area (Å²) in [5, 5.41) is 10.7. The van der Waals surface area contributed by atoms with Gasteiger partial charge in [0.05, 0.1) is 12.2 Å². The van der Waals surface area contributed by atoms with Gasteiger partial charge in [0.15, 0.2) is 5.96 Å². The second-order valence-corrected chi connectivity index (χ2v) is 4.96. The number of halogens is 1. The minimum Gasteiger partial charge on any atom is -0.352 e. The molecule has 0 bridgehead atoms. The Hall–Kier alpha value is -1.15. The van der Waals surface area contributed by atoms with Crippen molar-refractivity contribution in [2.24, 2.45) is 4.99 Å². The lowest BCUT2D eigenvalue weighted by Crippen LogP contribution is -2.36. The molecule has 0 spiro atoms. The van der Waals surface area contributed by atoms with Gasteiger partial charge in [0.2, 0.25) is 0 Å². The summed E-state index contributed by atoms with van der Waals surface area (Å²) >= 11 is 1.70. The van der Waals surface area contributed by atoms with E-state index in [-0.39, 0.29) is 24.0 Å². The molecule has 2 aromatic heterocycles. The third-order valence-electron chi connectivity index (χ3n) is 2.65. The maximum absolute atomic E-state index is 4.45. The van der Waals surface area contributed by atoms with Crippen LogP contribution in [0.2, 0.25) is 0 Å². The molecule has 20 heavy (non-hydrogen) atoms. The zero-order valence-electron chi connectivity index (χ0n) is 11.6. The number of aromatic nitrogens is 1. The van der Waals surface area contributed by atoms with Crippen molar-refractivity contribution in [3.05, 3.63) is 52.0 Å². The number of aliphatic imine (C=N–C) groups is 1. The van der Waals surface area contributed by atoms with Gasteiger partial charge in [0.25, 0.3) is 0 Å². The van der Waals surface area contributed by atoms with Gasteiger partial charge in [-0.3, -0.25) is 9.98 Å². The molecular formula is C14H19IN4S. The molecule has 2 N–H and O–H groups in total. The van der Waals surface area contributed by atoms with E-state index >= 15 is 0 Å². The number of thiophene rings is 1. The van der Waals surface area contributed by atoms with Crippen LogP contribution >= 0.6 is 35.3 Å².